The lowest BCUT2D eigenvalue weighted by Gasteiger charge is -2.47. The van der Waals surface area contributed by atoms with Gasteiger partial charge in [0.15, 0.2) is 5.82 Å². The third-order valence-electron chi connectivity index (χ3n) is 9.86. The number of benzene rings is 3. The van der Waals surface area contributed by atoms with Gasteiger partial charge in [-0.1, -0.05) is 35.9 Å². The van der Waals surface area contributed by atoms with Crippen molar-refractivity contribution in [3.05, 3.63) is 53.3 Å². The van der Waals surface area contributed by atoms with E-state index in [9.17, 15) is 5.11 Å². The number of aromatic hydroxyl groups is 1. The van der Waals surface area contributed by atoms with Crippen LogP contribution in [0.15, 0.2) is 42.5 Å². The highest BCUT2D eigenvalue weighted by atomic mass is 35.5. The van der Waals surface area contributed by atoms with E-state index in [2.05, 4.69) is 15.1 Å². The molecule has 1 aromatic heterocycles. The van der Waals surface area contributed by atoms with Crippen molar-refractivity contribution in [3.63, 3.8) is 0 Å². The molecule has 5 aliphatic rings. The summed E-state index contributed by atoms with van der Waals surface area (Å²) in [6, 6.07) is 13.6. The van der Waals surface area contributed by atoms with Crippen LogP contribution in [0.25, 0.3) is 32.8 Å². The highest BCUT2D eigenvalue weighted by Gasteiger charge is 2.40. The Morgan fingerprint density at radius 1 is 1.00 bits per heavy atom. The van der Waals surface area contributed by atoms with Crippen molar-refractivity contribution in [2.75, 3.05) is 44.2 Å². The molecule has 41 heavy (non-hydrogen) atoms. The summed E-state index contributed by atoms with van der Waals surface area (Å²) in [5.74, 6) is 0.196. The van der Waals surface area contributed by atoms with Gasteiger partial charge in [0.2, 0.25) is 0 Å². The summed E-state index contributed by atoms with van der Waals surface area (Å²) in [5, 5.41) is 16.6. The Morgan fingerprint density at radius 3 is 2.49 bits per heavy atom. The minimum atomic E-state index is -0.529. The molecule has 6 heterocycles. The summed E-state index contributed by atoms with van der Waals surface area (Å²) < 4.78 is 23.1. The number of aromatic nitrogens is 2. The van der Waals surface area contributed by atoms with Crippen molar-refractivity contribution in [2.45, 2.75) is 44.2 Å². The monoisotopic (exact) mass is 573 g/mol. The largest absolute Gasteiger partial charge is 0.508 e. The standard InChI is InChI=1S/C32H33ClFN5O2/c33-26-15-25-29(28(34)27(26)24-14-22(40)13-19-3-1-2-4-23(19)24)36-31(41-18-32-7-10-38(11-8-32)12-9-32)37-30(25)39-16-20-5-6-21(17-39)35-20/h1-4,13-15,20-21,35,40H,5-12,16-18H2. The molecule has 0 amide bonds. The average Bonchev–Trinajstić information content (AvgIpc) is 3.33. The van der Waals surface area contributed by atoms with Gasteiger partial charge in [-0.2, -0.15) is 9.97 Å². The van der Waals surface area contributed by atoms with Gasteiger partial charge in [-0.25, -0.2) is 4.39 Å². The Morgan fingerprint density at radius 2 is 1.73 bits per heavy atom. The Balaban J connectivity index is 1.27. The van der Waals surface area contributed by atoms with E-state index >= 15 is 4.39 Å². The Hall–Kier alpha value is -3.20. The Kier molecular flexibility index (Phi) is 6.02. The minimum absolute atomic E-state index is 0.0516. The minimum Gasteiger partial charge on any atom is -0.508 e. The molecular weight excluding hydrogens is 541 g/mol. The molecule has 4 bridgehead atoms. The molecule has 4 aromatic rings. The fourth-order valence-electron chi connectivity index (χ4n) is 7.51. The maximum absolute atomic E-state index is 16.8. The van der Waals surface area contributed by atoms with Crippen LogP contribution in [0.5, 0.6) is 11.8 Å². The number of phenolic OH excluding ortho intramolecular Hbond substituents is 1. The highest BCUT2D eigenvalue weighted by Crippen LogP contribution is 2.44. The zero-order valence-electron chi connectivity index (χ0n) is 22.9. The first kappa shape index (κ1) is 25.5. The van der Waals surface area contributed by atoms with Crippen LogP contribution < -0.4 is 15.0 Å². The number of anilines is 1. The van der Waals surface area contributed by atoms with E-state index in [1.54, 1.807) is 18.2 Å². The third kappa shape index (κ3) is 4.39. The number of piperidine rings is 3. The zero-order valence-corrected chi connectivity index (χ0v) is 23.6. The van der Waals surface area contributed by atoms with Crippen molar-refractivity contribution in [3.8, 4) is 22.9 Å². The molecule has 212 valence electrons. The Labute approximate surface area is 243 Å². The van der Waals surface area contributed by atoms with Crippen LogP contribution >= 0.6 is 11.6 Å². The third-order valence-corrected chi connectivity index (χ3v) is 10.2. The second kappa shape index (κ2) is 9.68. The lowest BCUT2D eigenvalue weighted by Crippen LogP contribution is -2.51. The van der Waals surface area contributed by atoms with Crippen LogP contribution in [0.2, 0.25) is 5.02 Å². The first-order chi connectivity index (χ1) is 19.9. The molecule has 9 rings (SSSR count). The average molecular weight is 574 g/mol. The van der Waals surface area contributed by atoms with Crippen molar-refractivity contribution in [1.82, 2.24) is 20.2 Å². The van der Waals surface area contributed by atoms with E-state index in [1.807, 2.05) is 24.3 Å². The maximum atomic E-state index is 16.8. The summed E-state index contributed by atoms with van der Waals surface area (Å²) in [7, 11) is 0. The van der Waals surface area contributed by atoms with E-state index in [1.165, 1.54) is 0 Å². The molecule has 3 aromatic carbocycles. The predicted molar refractivity (Wildman–Crippen MR) is 159 cm³/mol. The fourth-order valence-corrected chi connectivity index (χ4v) is 7.81. The highest BCUT2D eigenvalue weighted by molar-refractivity contribution is 6.35. The predicted octanol–water partition coefficient (Wildman–Crippen LogP) is 5.75. The molecule has 0 radical (unpaired) electrons. The van der Waals surface area contributed by atoms with Gasteiger partial charge in [-0.15, -0.1) is 0 Å². The van der Waals surface area contributed by atoms with E-state index in [-0.39, 0.29) is 33.3 Å². The fraction of sp³-hybridized carbons (Fsp3) is 0.438. The first-order valence-electron chi connectivity index (χ1n) is 14.7. The van der Waals surface area contributed by atoms with Gasteiger partial charge in [0.05, 0.1) is 11.6 Å². The van der Waals surface area contributed by atoms with Gasteiger partial charge >= 0.3 is 6.01 Å². The van der Waals surface area contributed by atoms with Crippen molar-refractivity contribution in [1.29, 1.82) is 0 Å². The molecule has 9 heteroatoms. The molecule has 5 fully saturated rings. The van der Waals surface area contributed by atoms with Crippen molar-refractivity contribution >= 4 is 39.1 Å². The number of hydrogen-bond donors (Lipinski definition) is 2. The summed E-state index contributed by atoms with van der Waals surface area (Å²) in [4.78, 5) is 14.4. The van der Waals surface area contributed by atoms with Crippen molar-refractivity contribution < 1.29 is 14.2 Å². The quantitative estimate of drug-likeness (QED) is 0.315. The lowest BCUT2D eigenvalue weighted by atomic mass is 9.73. The number of ether oxygens (including phenoxy) is 1. The maximum Gasteiger partial charge on any atom is 0.319 e. The Bertz CT molecular complexity index is 1650. The smallest absolute Gasteiger partial charge is 0.319 e. The number of hydrogen-bond acceptors (Lipinski definition) is 7. The number of rotatable bonds is 5. The van der Waals surface area contributed by atoms with Gasteiger partial charge in [0, 0.05) is 41.5 Å². The van der Waals surface area contributed by atoms with Crippen LogP contribution in [0.4, 0.5) is 10.2 Å². The molecule has 2 N–H and O–H groups in total. The van der Waals surface area contributed by atoms with Crippen LogP contribution in [0.3, 0.4) is 0 Å². The van der Waals surface area contributed by atoms with Gasteiger partial charge in [0.25, 0.3) is 0 Å². The second-order valence-corrected chi connectivity index (χ2v) is 12.8. The van der Waals surface area contributed by atoms with E-state index in [4.69, 9.17) is 26.3 Å². The number of phenols is 1. The van der Waals surface area contributed by atoms with Gasteiger partial charge in [-0.05, 0) is 86.3 Å². The van der Waals surface area contributed by atoms with Crippen LogP contribution in [0.1, 0.15) is 32.1 Å². The topological polar surface area (TPSA) is 73.8 Å². The number of nitrogens with one attached hydrogen (secondary N) is 1. The molecule has 0 aliphatic carbocycles. The molecule has 2 atom stereocenters. The number of piperazine rings is 1. The summed E-state index contributed by atoms with van der Waals surface area (Å²) in [6.45, 7) is 5.43. The molecule has 7 nitrogen and oxygen atoms in total. The van der Waals surface area contributed by atoms with E-state index < -0.39 is 5.82 Å². The van der Waals surface area contributed by atoms with E-state index in [0.717, 1.165) is 75.6 Å². The zero-order chi connectivity index (χ0) is 27.7. The molecule has 5 saturated heterocycles. The molecule has 0 saturated carbocycles. The number of halogens is 2. The molecular formula is C32H33ClFN5O2. The van der Waals surface area contributed by atoms with Crippen LogP contribution in [-0.2, 0) is 0 Å². The van der Waals surface area contributed by atoms with Crippen LogP contribution in [0, 0.1) is 11.2 Å². The van der Waals surface area contributed by atoms with Gasteiger partial charge < -0.3 is 25.0 Å². The summed E-state index contributed by atoms with van der Waals surface area (Å²) in [6.07, 6.45) is 5.56. The van der Waals surface area contributed by atoms with Crippen molar-refractivity contribution in [2.24, 2.45) is 5.41 Å². The van der Waals surface area contributed by atoms with Gasteiger partial charge in [0.1, 0.15) is 17.1 Å². The lowest BCUT2D eigenvalue weighted by molar-refractivity contribution is -0.00982. The first-order valence-corrected chi connectivity index (χ1v) is 15.1. The SMILES string of the molecule is Oc1cc(-c2c(Cl)cc3c(N4CC5CCC(C4)N5)nc(OCC45CCN(CC4)CC5)nc3c2F)c2ccccc2c1. The number of fused-ring (bicyclic) bond motifs is 7. The number of nitrogens with zero attached hydrogens (tertiary/aromatic N) is 4. The molecule has 5 aliphatic heterocycles. The van der Waals surface area contributed by atoms with Gasteiger partial charge in [-0.3, -0.25) is 0 Å². The van der Waals surface area contributed by atoms with Crippen LogP contribution in [-0.4, -0.2) is 71.4 Å². The second-order valence-electron chi connectivity index (χ2n) is 12.4. The molecule has 2 unspecified atom stereocenters. The molecule has 0 spiro atoms. The summed E-state index contributed by atoms with van der Waals surface area (Å²) >= 11 is 6.88. The normalized spacial score (nSPS) is 27.2. The summed E-state index contributed by atoms with van der Waals surface area (Å²) in [5.41, 5.74) is 1.07. The van der Waals surface area contributed by atoms with E-state index in [0.29, 0.717) is 35.5 Å².